The van der Waals surface area contributed by atoms with E-state index in [0.29, 0.717) is 18.1 Å². The maximum Gasteiger partial charge on any atom is 0.338 e. The third kappa shape index (κ3) is 2.24. The van der Waals surface area contributed by atoms with Crippen LogP contribution in [-0.2, 0) is 9.47 Å². The van der Waals surface area contributed by atoms with Gasteiger partial charge in [0.15, 0.2) is 0 Å². The van der Waals surface area contributed by atoms with E-state index in [4.69, 9.17) is 9.47 Å². The standard InChI is InChI=1S/C17H22O3/c1-16-9-6-10-17(2,20-12-16)14(16)11-19-15(18)13-7-4-3-5-8-13/h3-5,7-8,14H,6,9-12H2,1-2H3/t14-,16+,17+/m1/s1. The minimum absolute atomic E-state index is 0.121. The van der Waals surface area contributed by atoms with Gasteiger partial charge in [0.25, 0.3) is 0 Å². The first-order valence-corrected chi connectivity index (χ1v) is 7.40. The fourth-order valence-electron chi connectivity index (χ4n) is 3.80. The van der Waals surface area contributed by atoms with Crippen molar-refractivity contribution in [2.45, 2.75) is 38.7 Å². The summed E-state index contributed by atoms with van der Waals surface area (Å²) >= 11 is 0. The molecule has 1 aromatic rings. The topological polar surface area (TPSA) is 35.5 Å². The number of benzene rings is 1. The van der Waals surface area contributed by atoms with Crippen molar-refractivity contribution in [2.24, 2.45) is 11.3 Å². The number of carbonyl (C=O) groups is 1. The number of esters is 1. The Hall–Kier alpha value is -1.35. The van der Waals surface area contributed by atoms with Gasteiger partial charge in [0, 0.05) is 5.92 Å². The van der Waals surface area contributed by atoms with E-state index in [9.17, 15) is 4.79 Å². The van der Waals surface area contributed by atoms with Crippen LogP contribution in [0.3, 0.4) is 0 Å². The predicted molar refractivity (Wildman–Crippen MR) is 76.5 cm³/mol. The lowest BCUT2D eigenvalue weighted by atomic mass is 9.64. The van der Waals surface area contributed by atoms with Gasteiger partial charge in [-0.1, -0.05) is 25.1 Å². The van der Waals surface area contributed by atoms with E-state index in [1.807, 2.05) is 18.2 Å². The minimum atomic E-state index is -0.234. The fraction of sp³-hybridized carbons (Fsp3) is 0.588. The number of rotatable bonds is 3. The van der Waals surface area contributed by atoms with Crippen molar-refractivity contribution in [3.63, 3.8) is 0 Å². The second-order valence-corrected chi connectivity index (χ2v) is 6.63. The first-order valence-electron chi connectivity index (χ1n) is 7.40. The normalized spacial score (nSPS) is 35.8. The van der Waals surface area contributed by atoms with Crippen molar-refractivity contribution in [3.05, 3.63) is 35.9 Å². The summed E-state index contributed by atoms with van der Waals surface area (Å²) in [5.41, 5.74) is 0.653. The molecule has 0 amide bonds. The molecule has 1 heterocycles. The molecule has 1 saturated carbocycles. The average molecular weight is 274 g/mol. The SMILES string of the molecule is C[C@]12CCC[C@](C)(OC1)[C@@H]2COC(=O)c1ccccc1. The van der Waals surface area contributed by atoms with Gasteiger partial charge in [0.05, 0.1) is 24.4 Å². The van der Waals surface area contributed by atoms with E-state index in [2.05, 4.69) is 13.8 Å². The van der Waals surface area contributed by atoms with Gasteiger partial charge in [-0.15, -0.1) is 0 Å². The molecule has 2 aliphatic rings. The number of ether oxygens (including phenoxy) is 2. The summed E-state index contributed by atoms with van der Waals surface area (Å²) in [6.07, 6.45) is 3.43. The van der Waals surface area contributed by atoms with Crippen molar-refractivity contribution in [3.8, 4) is 0 Å². The molecular weight excluding hydrogens is 252 g/mol. The van der Waals surface area contributed by atoms with Crippen LogP contribution < -0.4 is 0 Å². The maximum atomic E-state index is 12.1. The van der Waals surface area contributed by atoms with E-state index in [-0.39, 0.29) is 17.0 Å². The van der Waals surface area contributed by atoms with Crippen molar-refractivity contribution in [1.82, 2.24) is 0 Å². The van der Waals surface area contributed by atoms with Crippen LogP contribution >= 0.6 is 0 Å². The van der Waals surface area contributed by atoms with Crippen LogP contribution in [0.25, 0.3) is 0 Å². The lowest BCUT2D eigenvalue weighted by molar-refractivity contribution is -0.0429. The zero-order valence-electron chi connectivity index (χ0n) is 12.2. The number of fused-ring (bicyclic) bond motifs is 2. The monoisotopic (exact) mass is 274 g/mol. The van der Waals surface area contributed by atoms with Crippen molar-refractivity contribution in [1.29, 1.82) is 0 Å². The summed E-state index contributed by atoms with van der Waals surface area (Å²) < 4.78 is 11.6. The van der Waals surface area contributed by atoms with Gasteiger partial charge in [0.1, 0.15) is 0 Å². The molecule has 3 nitrogen and oxygen atoms in total. The highest BCUT2D eigenvalue weighted by molar-refractivity contribution is 5.89. The van der Waals surface area contributed by atoms with Crippen LogP contribution in [0.1, 0.15) is 43.5 Å². The summed E-state index contributed by atoms with van der Waals surface area (Å²) in [7, 11) is 0. The first kappa shape index (κ1) is 13.6. The first-order chi connectivity index (χ1) is 9.54. The van der Waals surface area contributed by atoms with Crippen molar-refractivity contribution in [2.75, 3.05) is 13.2 Å². The smallest absolute Gasteiger partial charge is 0.338 e. The lowest BCUT2D eigenvalue weighted by Crippen LogP contribution is -2.44. The van der Waals surface area contributed by atoms with Gasteiger partial charge < -0.3 is 9.47 Å². The van der Waals surface area contributed by atoms with E-state index in [1.54, 1.807) is 12.1 Å². The van der Waals surface area contributed by atoms with Crippen molar-refractivity contribution < 1.29 is 14.3 Å². The van der Waals surface area contributed by atoms with Crippen LogP contribution in [0.2, 0.25) is 0 Å². The van der Waals surface area contributed by atoms with Crippen LogP contribution in [0.4, 0.5) is 0 Å². The third-order valence-corrected chi connectivity index (χ3v) is 5.12. The molecule has 0 unspecified atom stereocenters. The Balaban J connectivity index is 1.68. The predicted octanol–water partition coefficient (Wildman–Crippen LogP) is 3.44. The van der Waals surface area contributed by atoms with Crippen LogP contribution in [0, 0.1) is 11.3 Å². The second-order valence-electron chi connectivity index (χ2n) is 6.63. The van der Waals surface area contributed by atoms with Gasteiger partial charge in [-0.25, -0.2) is 4.79 Å². The molecule has 1 aliphatic carbocycles. The highest BCUT2D eigenvalue weighted by Crippen LogP contribution is 2.54. The number of hydrogen-bond acceptors (Lipinski definition) is 3. The summed E-state index contributed by atoms with van der Waals surface area (Å²) in [6, 6.07) is 9.18. The van der Waals surface area contributed by atoms with Gasteiger partial charge in [-0.05, 0) is 43.7 Å². The Morgan fingerprint density at radius 1 is 1.30 bits per heavy atom. The quantitative estimate of drug-likeness (QED) is 0.792. The van der Waals surface area contributed by atoms with Gasteiger partial charge in [-0.3, -0.25) is 0 Å². The Kier molecular flexibility index (Phi) is 3.33. The molecule has 1 saturated heterocycles. The molecule has 108 valence electrons. The molecule has 2 bridgehead atoms. The molecular formula is C17H22O3. The minimum Gasteiger partial charge on any atom is -0.462 e. The van der Waals surface area contributed by atoms with E-state index >= 15 is 0 Å². The molecule has 0 N–H and O–H groups in total. The zero-order chi connectivity index (χ0) is 14.2. The number of hydrogen-bond donors (Lipinski definition) is 0. The number of carbonyl (C=O) groups excluding carboxylic acids is 1. The molecule has 1 aliphatic heterocycles. The van der Waals surface area contributed by atoms with E-state index in [0.717, 1.165) is 19.4 Å². The molecule has 0 spiro atoms. The molecule has 20 heavy (non-hydrogen) atoms. The lowest BCUT2D eigenvalue weighted by Gasteiger charge is -2.41. The fourth-order valence-corrected chi connectivity index (χ4v) is 3.80. The Bertz CT molecular complexity index is 480. The molecule has 3 heteroatoms. The molecule has 1 aromatic carbocycles. The molecule has 3 rings (SSSR count). The Morgan fingerprint density at radius 2 is 2.05 bits per heavy atom. The highest BCUT2D eigenvalue weighted by Gasteiger charge is 2.56. The van der Waals surface area contributed by atoms with Gasteiger partial charge in [0.2, 0.25) is 0 Å². The summed E-state index contributed by atoms with van der Waals surface area (Å²) in [5.74, 6) is 0.0687. The van der Waals surface area contributed by atoms with E-state index in [1.165, 1.54) is 6.42 Å². The Morgan fingerprint density at radius 3 is 2.75 bits per heavy atom. The molecule has 2 fully saturated rings. The van der Waals surface area contributed by atoms with Crippen LogP contribution in [0.15, 0.2) is 30.3 Å². The largest absolute Gasteiger partial charge is 0.462 e. The molecule has 3 atom stereocenters. The van der Waals surface area contributed by atoms with Gasteiger partial charge in [-0.2, -0.15) is 0 Å². The highest BCUT2D eigenvalue weighted by atomic mass is 16.5. The second kappa shape index (κ2) is 4.88. The third-order valence-electron chi connectivity index (χ3n) is 5.12. The molecule has 0 radical (unpaired) electrons. The van der Waals surface area contributed by atoms with Gasteiger partial charge >= 0.3 is 5.97 Å². The maximum absolute atomic E-state index is 12.1. The van der Waals surface area contributed by atoms with Crippen LogP contribution in [-0.4, -0.2) is 24.8 Å². The summed E-state index contributed by atoms with van der Waals surface area (Å²) in [5, 5.41) is 0. The average Bonchev–Trinajstić information content (AvgIpc) is 2.59. The van der Waals surface area contributed by atoms with E-state index < -0.39 is 0 Å². The van der Waals surface area contributed by atoms with Crippen molar-refractivity contribution >= 4 is 5.97 Å². The van der Waals surface area contributed by atoms with Crippen LogP contribution in [0.5, 0.6) is 0 Å². The molecule has 0 aromatic heterocycles. The Labute approximate surface area is 120 Å². The zero-order valence-corrected chi connectivity index (χ0v) is 12.2. The summed E-state index contributed by atoms with van der Waals surface area (Å²) in [4.78, 5) is 12.1. The summed E-state index contributed by atoms with van der Waals surface area (Å²) in [6.45, 7) is 5.68.